The topological polar surface area (TPSA) is 26.3 Å². The third-order valence-electron chi connectivity index (χ3n) is 12.2. The smallest absolute Gasteiger partial charge is 0.302 e. The summed E-state index contributed by atoms with van der Waals surface area (Å²) in [5, 5.41) is 0. The molecule has 0 aromatic carbocycles. The number of fused-ring (bicyclic) bond motifs is 4. The molecular formula is C32H54O2. The first-order valence-corrected chi connectivity index (χ1v) is 14.7. The van der Waals surface area contributed by atoms with Gasteiger partial charge < -0.3 is 4.74 Å². The molecule has 194 valence electrons. The van der Waals surface area contributed by atoms with Crippen LogP contribution in [0.1, 0.15) is 133 Å². The van der Waals surface area contributed by atoms with Crippen molar-refractivity contribution in [3.8, 4) is 0 Å². The largest absolute Gasteiger partial charge is 0.462 e. The van der Waals surface area contributed by atoms with Gasteiger partial charge in [0.15, 0.2) is 0 Å². The van der Waals surface area contributed by atoms with Gasteiger partial charge in [0.2, 0.25) is 0 Å². The van der Waals surface area contributed by atoms with E-state index >= 15 is 0 Å². The van der Waals surface area contributed by atoms with Gasteiger partial charge in [-0.3, -0.25) is 4.79 Å². The minimum absolute atomic E-state index is 0.0436. The zero-order valence-corrected chi connectivity index (χ0v) is 24.0. The number of allylic oxidation sites excluding steroid dienone is 2. The summed E-state index contributed by atoms with van der Waals surface area (Å²) in [6.45, 7) is 21.6. The second kappa shape index (κ2) is 8.95. The summed E-state index contributed by atoms with van der Waals surface area (Å²) in [5.41, 5.74) is 4.87. The second-order valence-electron chi connectivity index (χ2n) is 14.6. The molecule has 2 fully saturated rings. The molecule has 0 amide bonds. The molecule has 0 bridgehead atoms. The molecule has 0 aromatic heterocycles. The van der Waals surface area contributed by atoms with Crippen LogP contribution in [0.5, 0.6) is 0 Å². The lowest BCUT2D eigenvalue weighted by Crippen LogP contribution is -2.55. The molecule has 0 radical (unpaired) electrons. The Morgan fingerprint density at radius 3 is 2.26 bits per heavy atom. The van der Waals surface area contributed by atoms with Crippen LogP contribution in [0.15, 0.2) is 11.1 Å². The van der Waals surface area contributed by atoms with Crippen molar-refractivity contribution in [2.24, 2.45) is 45.3 Å². The van der Waals surface area contributed by atoms with Crippen molar-refractivity contribution in [2.45, 2.75) is 139 Å². The molecule has 2 heteroatoms. The van der Waals surface area contributed by atoms with Crippen LogP contribution in [-0.2, 0) is 9.53 Å². The summed E-state index contributed by atoms with van der Waals surface area (Å²) in [4.78, 5) is 11.8. The number of rotatable bonds is 6. The van der Waals surface area contributed by atoms with Gasteiger partial charge in [0.25, 0.3) is 0 Å². The molecule has 0 aromatic rings. The second-order valence-corrected chi connectivity index (χ2v) is 14.6. The molecule has 2 nitrogen and oxygen atoms in total. The summed E-state index contributed by atoms with van der Waals surface area (Å²) in [7, 11) is 0. The number of hydrogen-bond donors (Lipinski definition) is 0. The van der Waals surface area contributed by atoms with Gasteiger partial charge in [0, 0.05) is 12.3 Å². The molecule has 4 aliphatic carbocycles. The van der Waals surface area contributed by atoms with Crippen LogP contribution in [0, 0.1) is 45.3 Å². The van der Waals surface area contributed by atoms with Gasteiger partial charge in [-0.2, -0.15) is 0 Å². The molecule has 4 rings (SSSR count). The SMILES string of the molecule is CC(=O)OC1CC[C@]2(C)C3=C(CCC2C1(C)C)[C@]1(C)CCC(C(C)CCCC(C)C)[C@@]1(C)CC3. The van der Waals surface area contributed by atoms with E-state index in [1.54, 1.807) is 6.92 Å². The molecule has 34 heavy (non-hydrogen) atoms. The lowest BCUT2D eigenvalue weighted by Gasteiger charge is -2.62. The van der Waals surface area contributed by atoms with Crippen LogP contribution in [0.3, 0.4) is 0 Å². The first-order valence-electron chi connectivity index (χ1n) is 14.7. The number of carbonyl (C=O) groups is 1. The Hall–Kier alpha value is -0.790. The van der Waals surface area contributed by atoms with Crippen molar-refractivity contribution in [1.82, 2.24) is 0 Å². The number of carbonyl (C=O) groups excluding carboxylic acids is 1. The zero-order valence-electron chi connectivity index (χ0n) is 24.0. The third-order valence-corrected chi connectivity index (χ3v) is 12.2. The molecule has 0 saturated heterocycles. The Bertz CT molecular complexity index is 821. The molecular weight excluding hydrogens is 416 g/mol. The van der Waals surface area contributed by atoms with Crippen molar-refractivity contribution in [3.05, 3.63) is 11.1 Å². The van der Waals surface area contributed by atoms with E-state index in [-0.39, 0.29) is 22.9 Å². The molecule has 0 spiro atoms. The van der Waals surface area contributed by atoms with Crippen LogP contribution >= 0.6 is 0 Å². The molecule has 2 saturated carbocycles. The average molecular weight is 471 g/mol. The van der Waals surface area contributed by atoms with E-state index in [9.17, 15) is 4.79 Å². The minimum atomic E-state index is -0.113. The van der Waals surface area contributed by atoms with E-state index in [0.29, 0.717) is 16.7 Å². The van der Waals surface area contributed by atoms with Crippen molar-refractivity contribution in [3.63, 3.8) is 0 Å². The quantitative estimate of drug-likeness (QED) is 0.286. The van der Waals surface area contributed by atoms with E-state index in [4.69, 9.17) is 4.74 Å². The van der Waals surface area contributed by atoms with Crippen LogP contribution in [0.2, 0.25) is 0 Å². The van der Waals surface area contributed by atoms with Crippen molar-refractivity contribution in [1.29, 1.82) is 0 Å². The van der Waals surface area contributed by atoms with Crippen molar-refractivity contribution >= 4 is 5.97 Å². The Morgan fingerprint density at radius 2 is 1.62 bits per heavy atom. The van der Waals surface area contributed by atoms with Gasteiger partial charge in [-0.15, -0.1) is 0 Å². The summed E-state index contributed by atoms with van der Waals surface area (Å²) in [6, 6.07) is 0. The van der Waals surface area contributed by atoms with Gasteiger partial charge in [0.05, 0.1) is 0 Å². The standard InChI is InChI=1S/C32H54O2/c1-21(2)11-10-12-22(3)24-15-19-32(9)26-13-14-27-29(5,6)28(34-23(4)33)17-18-30(27,7)25(26)16-20-31(24,32)8/h21-22,24,27-28H,10-20H2,1-9H3/t22?,24?,27?,28?,30-,31-,32+/m1/s1. The van der Waals surface area contributed by atoms with E-state index in [1.807, 2.05) is 11.1 Å². The summed E-state index contributed by atoms with van der Waals surface area (Å²) < 4.78 is 5.87. The predicted octanol–water partition coefficient (Wildman–Crippen LogP) is 9.13. The summed E-state index contributed by atoms with van der Waals surface area (Å²) in [6.07, 6.45) is 14.5. The van der Waals surface area contributed by atoms with Crippen LogP contribution in [0.4, 0.5) is 0 Å². The van der Waals surface area contributed by atoms with Gasteiger partial charge >= 0.3 is 5.97 Å². The Balaban J connectivity index is 1.61. The highest BCUT2D eigenvalue weighted by Gasteiger charge is 2.63. The molecule has 4 aliphatic rings. The van der Waals surface area contributed by atoms with Crippen LogP contribution < -0.4 is 0 Å². The fraction of sp³-hybridized carbons (Fsp3) is 0.906. The monoisotopic (exact) mass is 470 g/mol. The van der Waals surface area contributed by atoms with Crippen molar-refractivity contribution in [2.75, 3.05) is 0 Å². The average Bonchev–Trinajstić information content (AvgIpc) is 3.01. The maximum absolute atomic E-state index is 11.8. The summed E-state index contributed by atoms with van der Waals surface area (Å²) in [5.74, 6) is 3.04. The van der Waals surface area contributed by atoms with Crippen LogP contribution in [0.25, 0.3) is 0 Å². The van der Waals surface area contributed by atoms with E-state index < -0.39 is 0 Å². The number of esters is 1. The van der Waals surface area contributed by atoms with Gasteiger partial charge in [-0.05, 0) is 91.3 Å². The highest BCUT2D eigenvalue weighted by atomic mass is 16.5. The highest BCUT2D eigenvalue weighted by molar-refractivity contribution is 5.66. The highest BCUT2D eigenvalue weighted by Crippen LogP contribution is 2.72. The van der Waals surface area contributed by atoms with E-state index in [2.05, 4.69) is 55.4 Å². The number of ether oxygens (including phenoxy) is 1. The Morgan fingerprint density at radius 1 is 0.912 bits per heavy atom. The van der Waals surface area contributed by atoms with Gasteiger partial charge in [-0.25, -0.2) is 0 Å². The molecule has 0 aliphatic heterocycles. The third kappa shape index (κ3) is 3.92. The lowest BCUT2D eigenvalue weighted by atomic mass is 9.43. The molecule has 7 atom stereocenters. The predicted molar refractivity (Wildman–Crippen MR) is 142 cm³/mol. The fourth-order valence-electron chi connectivity index (χ4n) is 10.1. The molecule has 0 heterocycles. The van der Waals surface area contributed by atoms with E-state index in [0.717, 1.165) is 24.2 Å². The minimum Gasteiger partial charge on any atom is -0.462 e. The first-order chi connectivity index (χ1) is 15.8. The van der Waals surface area contributed by atoms with Gasteiger partial charge in [0.1, 0.15) is 6.10 Å². The Labute approximate surface area is 211 Å². The zero-order chi connectivity index (χ0) is 25.1. The normalized spacial score (nSPS) is 42.1. The maximum atomic E-state index is 11.8. The maximum Gasteiger partial charge on any atom is 0.302 e. The number of hydrogen-bond acceptors (Lipinski definition) is 2. The summed E-state index contributed by atoms with van der Waals surface area (Å²) >= 11 is 0. The van der Waals surface area contributed by atoms with Crippen LogP contribution in [-0.4, -0.2) is 12.1 Å². The molecule has 0 N–H and O–H groups in total. The van der Waals surface area contributed by atoms with Crippen molar-refractivity contribution < 1.29 is 9.53 Å². The van der Waals surface area contributed by atoms with E-state index in [1.165, 1.54) is 64.2 Å². The van der Waals surface area contributed by atoms with Gasteiger partial charge in [-0.1, -0.05) is 85.8 Å². The lowest BCUT2D eigenvalue weighted by molar-refractivity contribution is -0.167. The fourth-order valence-corrected chi connectivity index (χ4v) is 10.1. The molecule has 4 unspecified atom stereocenters. The first kappa shape index (κ1) is 26.3. The Kier molecular flexibility index (Phi) is 6.92.